The van der Waals surface area contributed by atoms with Gasteiger partial charge in [0.1, 0.15) is 5.69 Å². The molecule has 0 saturated heterocycles. The Morgan fingerprint density at radius 2 is 2.00 bits per heavy atom. The fourth-order valence-corrected chi connectivity index (χ4v) is 1.91. The third-order valence-corrected chi connectivity index (χ3v) is 2.61. The molecule has 4 nitrogen and oxygen atoms in total. The molecule has 0 fully saturated rings. The molecule has 2 unspecified atom stereocenters. The highest BCUT2D eigenvalue weighted by atomic mass is 16.5. The summed E-state index contributed by atoms with van der Waals surface area (Å²) in [4.78, 5) is 8.51. The Bertz CT molecular complexity index is 317. The van der Waals surface area contributed by atoms with Crippen molar-refractivity contribution in [2.24, 2.45) is 0 Å². The highest BCUT2D eigenvalue weighted by Crippen LogP contribution is 2.25. The Morgan fingerprint density at radius 1 is 1.31 bits per heavy atom. The lowest BCUT2D eigenvalue weighted by Gasteiger charge is -2.18. The minimum Gasteiger partial charge on any atom is -0.480 e. The average molecular weight is 223 g/mol. The van der Waals surface area contributed by atoms with Crippen LogP contribution in [0.15, 0.2) is 12.4 Å². The fraction of sp³-hybridized carbons (Fsp3) is 0.667. The molecule has 0 aromatic carbocycles. The summed E-state index contributed by atoms with van der Waals surface area (Å²) in [5.41, 5.74) is 0.940. The van der Waals surface area contributed by atoms with Crippen molar-refractivity contribution < 1.29 is 4.74 Å². The van der Waals surface area contributed by atoms with Crippen molar-refractivity contribution in [2.75, 3.05) is 13.7 Å². The van der Waals surface area contributed by atoms with Gasteiger partial charge in [0, 0.05) is 24.4 Å². The first-order valence-electron chi connectivity index (χ1n) is 5.77. The van der Waals surface area contributed by atoms with Gasteiger partial charge in [0.2, 0.25) is 5.88 Å². The summed E-state index contributed by atoms with van der Waals surface area (Å²) in [5.74, 6) is 0.983. The number of hydrogen-bond donors (Lipinski definition) is 1. The first-order valence-corrected chi connectivity index (χ1v) is 5.77. The van der Waals surface area contributed by atoms with Gasteiger partial charge in [-0.15, -0.1) is 0 Å². The van der Waals surface area contributed by atoms with Gasteiger partial charge in [-0.05, 0) is 19.9 Å². The van der Waals surface area contributed by atoms with E-state index in [1.807, 2.05) is 0 Å². The fourth-order valence-electron chi connectivity index (χ4n) is 1.91. The van der Waals surface area contributed by atoms with Gasteiger partial charge in [-0.2, -0.15) is 0 Å². The van der Waals surface area contributed by atoms with E-state index in [1.54, 1.807) is 19.5 Å². The van der Waals surface area contributed by atoms with Crippen molar-refractivity contribution in [3.8, 4) is 5.88 Å². The summed E-state index contributed by atoms with van der Waals surface area (Å²) in [5, 5.41) is 3.39. The molecule has 2 atom stereocenters. The predicted molar refractivity (Wildman–Crippen MR) is 64.8 cm³/mol. The molecule has 16 heavy (non-hydrogen) atoms. The van der Waals surface area contributed by atoms with Gasteiger partial charge >= 0.3 is 0 Å². The minimum atomic E-state index is 0.345. The third kappa shape index (κ3) is 3.45. The maximum Gasteiger partial charge on any atom is 0.235 e. The summed E-state index contributed by atoms with van der Waals surface area (Å²) < 4.78 is 5.21. The smallest absolute Gasteiger partial charge is 0.235 e. The zero-order valence-corrected chi connectivity index (χ0v) is 10.5. The van der Waals surface area contributed by atoms with E-state index in [4.69, 9.17) is 4.74 Å². The molecule has 0 aliphatic heterocycles. The van der Waals surface area contributed by atoms with Crippen molar-refractivity contribution in [2.45, 2.75) is 39.2 Å². The second kappa shape index (κ2) is 6.43. The second-order valence-corrected chi connectivity index (χ2v) is 4.05. The van der Waals surface area contributed by atoms with Crippen molar-refractivity contribution >= 4 is 0 Å². The Balaban J connectivity index is 2.68. The standard InChI is InChI=1S/C12H21N3O/c1-5-13-10(3)8-9(2)11-12(16-4)15-7-6-14-11/h6-7,9-10,13H,5,8H2,1-4H3. The SMILES string of the molecule is CCNC(C)CC(C)c1nccnc1OC. The van der Waals surface area contributed by atoms with E-state index >= 15 is 0 Å². The number of methoxy groups -OCH3 is 1. The van der Waals surface area contributed by atoms with Crippen LogP contribution in [0.3, 0.4) is 0 Å². The van der Waals surface area contributed by atoms with E-state index in [-0.39, 0.29) is 0 Å². The monoisotopic (exact) mass is 223 g/mol. The van der Waals surface area contributed by atoms with Crippen LogP contribution in [0, 0.1) is 0 Å². The van der Waals surface area contributed by atoms with E-state index in [1.165, 1.54) is 0 Å². The Morgan fingerprint density at radius 3 is 2.62 bits per heavy atom. The van der Waals surface area contributed by atoms with Crippen molar-refractivity contribution in [3.05, 3.63) is 18.1 Å². The zero-order valence-electron chi connectivity index (χ0n) is 10.5. The molecule has 90 valence electrons. The first kappa shape index (κ1) is 12.9. The number of aromatic nitrogens is 2. The highest BCUT2D eigenvalue weighted by Gasteiger charge is 2.16. The Kier molecular flexibility index (Phi) is 5.19. The van der Waals surface area contributed by atoms with E-state index in [0.29, 0.717) is 17.8 Å². The maximum atomic E-state index is 5.21. The van der Waals surface area contributed by atoms with Gasteiger partial charge in [-0.1, -0.05) is 13.8 Å². The number of nitrogens with zero attached hydrogens (tertiary/aromatic N) is 2. The zero-order chi connectivity index (χ0) is 12.0. The highest BCUT2D eigenvalue weighted by molar-refractivity contribution is 5.21. The molecule has 1 heterocycles. The van der Waals surface area contributed by atoms with Crippen LogP contribution in [0.2, 0.25) is 0 Å². The van der Waals surface area contributed by atoms with Gasteiger partial charge in [0.05, 0.1) is 7.11 Å². The van der Waals surface area contributed by atoms with Crippen molar-refractivity contribution in [1.29, 1.82) is 0 Å². The number of nitrogens with one attached hydrogen (secondary N) is 1. The van der Waals surface area contributed by atoms with Crippen LogP contribution >= 0.6 is 0 Å². The molecule has 0 saturated carbocycles. The number of ether oxygens (including phenoxy) is 1. The van der Waals surface area contributed by atoms with Gasteiger partial charge in [-0.3, -0.25) is 4.98 Å². The van der Waals surface area contributed by atoms with Crippen LogP contribution in [0.5, 0.6) is 5.88 Å². The van der Waals surface area contributed by atoms with Crippen LogP contribution in [0.4, 0.5) is 0 Å². The second-order valence-electron chi connectivity index (χ2n) is 4.05. The lowest BCUT2D eigenvalue weighted by molar-refractivity contribution is 0.379. The normalized spacial score (nSPS) is 14.5. The van der Waals surface area contributed by atoms with Gasteiger partial charge in [-0.25, -0.2) is 4.98 Å². The Labute approximate surface area is 97.5 Å². The summed E-state index contributed by atoms with van der Waals surface area (Å²) in [6.07, 6.45) is 4.40. The number of hydrogen-bond acceptors (Lipinski definition) is 4. The molecular formula is C12H21N3O. The lowest BCUT2D eigenvalue weighted by Crippen LogP contribution is -2.27. The summed E-state index contributed by atoms with van der Waals surface area (Å²) in [6.45, 7) is 7.44. The predicted octanol–water partition coefficient (Wildman–Crippen LogP) is 1.98. The van der Waals surface area contributed by atoms with Crippen molar-refractivity contribution in [1.82, 2.24) is 15.3 Å². The van der Waals surface area contributed by atoms with E-state index in [0.717, 1.165) is 18.7 Å². The molecule has 0 bridgehead atoms. The molecule has 1 rings (SSSR count). The molecule has 0 radical (unpaired) electrons. The summed E-state index contributed by atoms with van der Waals surface area (Å²) in [6, 6.07) is 0.478. The molecule has 1 aromatic heterocycles. The molecule has 1 N–H and O–H groups in total. The summed E-state index contributed by atoms with van der Waals surface area (Å²) >= 11 is 0. The van der Waals surface area contributed by atoms with Crippen LogP contribution in [-0.2, 0) is 0 Å². The maximum absolute atomic E-state index is 5.21. The average Bonchev–Trinajstić information content (AvgIpc) is 2.29. The first-order chi connectivity index (χ1) is 7.69. The van der Waals surface area contributed by atoms with Crippen LogP contribution in [0.25, 0.3) is 0 Å². The lowest BCUT2D eigenvalue weighted by atomic mass is 9.99. The molecule has 0 amide bonds. The van der Waals surface area contributed by atoms with Gasteiger partial charge in [0.15, 0.2) is 0 Å². The third-order valence-electron chi connectivity index (χ3n) is 2.61. The molecule has 0 aliphatic carbocycles. The number of rotatable bonds is 6. The Hall–Kier alpha value is -1.16. The van der Waals surface area contributed by atoms with E-state index in [2.05, 4.69) is 36.1 Å². The van der Waals surface area contributed by atoms with Gasteiger partial charge in [0.25, 0.3) is 0 Å². The molecular weight excluding hydrogens is 202 g/mol. The molecule has 0 spiro atoms. The largest absolute Gasteiger partial charge is 0.480 e. The quantitative estimate of drug-likeness (QED) is 0.801. The van der Waals surface area contributed by atoms with Crippen LogP contribution in [0.1, 0.15) is 38.8 Å². The topological polar surface area (TPSA) is 47.0 Å². The van der Waals surface area contributed by atoms with Crippen LogP contribution in [-0.4, -0.2) is 29.7 Å². The van der Waals surface area contributed by atoms with Crippen LogP contribution < -0.4 is 10.1 Å². The molecule has 1 aromatic rings. The molecule has 0 aliphatic rings. The minimum absolute atomic E-state index is 0.345. The van der Waals surface area contributed by atoms with Crippen molar-refractivity contribution in [3.63, 3.8) is 0 Å². The summed E-state index contributed by atoms with van der Waals surface area (Å²) in [7, 11) is 1.63. The molecule has 4 heteroatoms. The van der Waals surface area contributed by atoms with E-state index < -0.39 is 0 Å². The van der Waals surface area contributed by atoms with E-state index in [9.17, 15) is 0 Å². The van der Waals surface area contributed by atoms with Gasteiger partial charge < -0.3 is 10.1 Å².